The molecule has 6 nitrogen and oxygen atoms in total. The van der Waals surface area contributed by atoms with Gasteiger partial charge in [0.15, 0.2) is 0 Å². The predicted molar refractivity (Wildman–Crippen MR) is 90.6 cm³/mol. The molecule has 0 saturated carbocycles. The molecule has 2 unspecified atom stereocenters. The number of nitriles is 1. The zero-order valence-electron chi connectivity index (χ0n) is 14.8. The first kappa shape index (κ1) is 19.1. The lowest BCUT2D eigenvalue weighted by Gasteiger charge is -2.26. The number of hydrogen-bond acceptors (Lipinski definition) is 4. The quantitative estimate of drug-likeness (QED) is 0.782. The first-order chi connectivity index (χ1) is 11.6. The fraction of sp³-hybridized carbons (Fsp3) is 0.529. The predicted octanol–water partition coefficient (Wildman–Crippen LogP) is 2.58. The topological polar surface area (TPSA) is 80.2 Å². The minimum atomic E-state index is -0.878. The molecule has 1 aromatic rings. The van der Waals surface area contributed by atoms with Crippen LogP contribution >= 0.6 is 0 Å². The van der Waals surface area contributed by atoms with Crippen molar-refractivity contribution < 1.29 is 13.6 Å². The van der Waals surface area contributed by atoms with Gasteiger partial charge in [-0.3, -0.25) is 10.9 Å². The standard InChI is InChI=1S/C17H23F2N5O/c1-17(2,3)15-6-11(22-23-15)9-24(4)16(25)21-14-7-12(18)10(8-20)5-13(14)19/h5,7,11,15,22-23H,6,9H2,1-4H3,(H,21,25). The number of rotatable bonds is 3. The van der Waals surface area contributed by atoms with Gasteiger partial charge in [-0.05, 0) is 17.9 Å². The minimum Gasteiger partial charge on any atom is -0.326 e. The van der Waals surface area contributed by atoms with Crippen LogP contribution in [-0.4, -0.2) is 36.6 Å². The average Bonchev–Trinajstić information content (AvgIpc) is 2.99. The Morgan fingerprint density at radius 1 is 1.36 bits per heavy atom. The van der Waals surface area contributed by atoms with E-state index in [1.165, 1.54) is 4.90 Å². The lowest BCUT2D eigenvalue weighted by molar-refractivity contribution is 0.217. The summed E-state index contributed by atoms with van der Waals surface area (Å²) < 4.78 is 27.4. The Balaban J connectivity index is 1.96. The molecule has 0 spiro atoms. The van der Waals surface area contributed by atoms with Crippen LogP contribution in [0.5, 0.6) is 0 Å². The van der Waals surface area contributed by atoms with Gasteiger partial charge < -0.3 is 10.2 Å². The summed E-state index contributed by atoms with van der Waals surface area (Å²) >= 11 is 0. The van der Waals surface area contributed by atoms with Crippen molar-refractivity contribution in [2.24, 2.45) is 5.41 Å². The number of likely N-dealkylation sites (N-methyl/N-ethyl adjacent to an activating group) is 1. The molecule has 2 rings (SSSR count). The van der Waals surface area contributed by atoms with Crippen LogP contribution < -0.4 is 16.2 Å². The first-order valence-electron chi connectivity index (χ1n) is 8.04. The maximum absolute atomic E-state index is 13.9. The largest absolute Gasteiger partial charge is 0.326 e. The Labute approximate surface area is 146 Å². The van der Waals surface area contributed by atoms with Crippen LogP contribution in [0.25, 0.3) is 0 Å². The molecule has 136 valence electrons. The van der Waals surface area contributed by atoms with E-state index in [0.29, 0.717) is 6.54 Å². The molecule has 0 bridgehead atoms. The summed E-state index contributed by atoms with van der Waals surface area (Å²) in [6, 6.07) is 2.91. The highest BCUT2D eigenvalue weighted by atomic mass is 19.1. The fourth-order valence-corrected chi connectivity index (χ4v) is 2.66. The van der Waals surface area contributed by atoms with E-state index in [-0.39, 0.29) is 23.2 Å². The third-order valence-corrected chi connectivity index (χ3v) is 4.29. The van der Waals surface area contributed by atoms with Crippen LogP contribution in [0, 0.1) is 28.4 Å². The average molecular weight is 351 g/mol. The molecular formula is C17H23F2N5O. The Hall–Kier alpha value is -2.24. The van der Waals surface area contributed by atoms with Crippen LogP contribution in [-0.2, 0) is 0 Å². The summed E-state index contributed by atoms with van der Waals surface area (Å²) in [5.41, 5.74) is 5.77. The normalized spacial score (nSPS) is 20.2. The van der Waals surface area contributed by atoms with E-state index in [1.54, 1.807) is 13.1 Å². The monoisotopic (exact) mass is 351 g/mol. The number of urea groups is 1. The number of hydrazine groups is 1. The summed E-state index contributed by atoms with van der Waals surface area (Å²) in [5.74, 6) is -1.73. The number of hydrogen-bond donors (Lipinski definition) is 3. The molecule has 1 saturated heterocycles. The highest BCUT2D eigenvalue weighted by Crippen LogP contribution is 2.25. The molecule has 25 heavy (non-hydrogen) atoms. The van der Waals surface area contributed by atoms with Crippen molar-refractivity contribution >= 4 is 11.7 Å². The molecule has 8 heteroatoms. The number of carbonyl (C=O) groups excluding carboxylic acids is 1. The van der Waals surface area contributed by atoms with Crippen molar-refractivity contribution in [3.63, 3.8) is 0 Å². The molecule has 2 amide bonds. The number of benzene rings is 1. The Kier molecular flexibility index (Phi) is 5.60. The van der Waals surface area contributed by atoms with Gasteiger partial charge in [-0.2, -0.15) is 5.26 Å². The second-order valence-corrected chi connectivity index (χ2v) is 7.37. The minimum absolute atomic E-state index is 0.0579. The number of anilines is 1. The smallest absolute Gasteiger partial charge is 0.321 e. The van der Waals surface area contributed by atoms with E-state index in [1.807, 2.05) is 0 Å². The maximum Gasteiger partial charge on any atom is 0.321 e. The number of carbonyl (C=O) groups is 1. The van der Waals surface area contributed by atoms with Crippen LogP contribution in [0.4, 0.5) is 19.3 Å². The van der Waals surface area contributed by atoms with E-state index in [9.17, 15) is 13.6 Å². The van der Waals surface area contributed by atoms with Crippen molar-refractivity contribution in [2.45, 2.75) is 39.3 Å². The molecule has 1 aromatic carbocycles. The van der Waals surface area contributed by atoms with Gasteiger partial charge in [-0.1, -0.05) is 20.8 Å². The molecule has 1 heterocycles. The molecule has 2 atom stereocenters. The van der Waals surface area contributed by atoms with Gasteiger partial charge in [-0.25, -0.2) is 13.6 Å². The zero-order valence-corrected chi connectivity index (χ0v) is 14.8. The highest BCUT2D eigenvalue weighted by molar-refractivity contribution is 5.89. The Bertz CT molecular complexity index is 696. The third kappa shape index (κ3) is 4.65. The summed E-state index contributed by atoms with van der Waals surface area (Å²) in [6.45, 7) is 6.81. The van der Waals surface area contributed by atoms with Gasteiger partial charge in [0.1, 0.15) is 17.7 Å². The van der Waals surface area contributed by atoms with E-state index in [2.05, 4.69) is 36.9 Å². The van der Waals surface area contributed by atoms with Gasteiger partial charge in [0.05, 0.1) is 11.3 Å². The van der Waals surface area contributed by atoms with Crippen molar-refractivity contribution in [2.75, 3.05) is 18.9 Å². The second kappa shape index (κ2) is 7.33. The van der Waals surface area contributed by atoms with Gasteiger partial charge in [-0.15, -0.1) is 0 Å². The molecule has 1 aliphatic rings. The van der Waals surface area contributed by atoms with E-state index >= 15 is 0 Å². The van der Waals surface area contributed by atoms with Crippen LogP contribution in [0.15, 0.2) is 12.1 Å². The van der Waals surface area contributed by atoms with Gasteiger partial charge >= 0.3 is 6.03 Å². The van der Waals surface area contributed by atoms with Crippen molar-refractivity contribution in [3.05, 3.63) is 29.3 Å². The maximum atomic E-state index is 13.9. The molecular weight excluding hydrogens is 328 g/mol. The third-order valence-electron chi connectivity index (χ3n) is 4.29. The van der Waals surface area contributed by atoms with E-state index in [4.69, 9.17) is 5.26 Å². The molecule has 0 aliphatic carbocycles. The molecule has 0 radical (unpaired) electrons. The summed E-state index contributed by atoms with van der Waals surface area (Å²) in [4.78, 5) is 13.6. The number of amides is 2. The second-order valence-electron chi connectivity index (χ2n) is 7.37. The van der Waals surface area contributed by atoms with Crippen molar-refractivity contribution in [3.8, 4) is 6.07 Å². The summed E-state index contributed by atoms with van der Waals surface area (Å²) in [6.07, 6.45) is 0.848. The first-order valence-corrected chi connectivity index (χ1v) is 8.04. The number of halogens is 2. The molecule has 1 aliphatic heterocycles. The van der Waals surface area contributed by atoms with Crippen LogP contribution in [0.3, 0.4) is 0 Å². The summed E-state index contributed by atoms with van der Waals surface area (Å²) in [7, 11) is 1.58. The van der Waals surface area contributed by atoms with Crippen LogP contribution in [0.2, 0.25) is 0 Å². The molecule has 1 fully saturated rings. The molecule has 3 N–H and O–H groups in total. The Morgan fingerprint density at radius 2 is 2.04 bits per heavy atom. The van der Waals surface area contributed by atoms with Crippen molar-refractivity contribution in [1.29, 1.82) is 5.26 Å². The fourth-order valence-electron chi connectivity index (χ4n) is 2.66. The lowest BCUT2D eigenvalue weighted by atomic mass is 9.84. The number of nitrogens with one attached hydrogen (secondary N) is 3. The van der Waals surface area contributed by atoms with Gasteiger partial charge in [0.25, 0.3) is 0 Å². The zero-order chi connectivity index (χ0) is 18.8. The highest BCUT2D eigenvalue weighted by Gasteiger charge is 2.33. The van der Waals surface area contributed by atoms with Gasteiger partial charge in [0, 0.05) is 31.7 Å². The summed E-state index contributed by atoms with van der Waals surface area (Å²) in [5, 5.41) is 11.0. The van der Waals surface area contributed by atoms with Crippen LogP contribution in [0.1, 0.15) is 32.8 Å². The number of nitrogens with zero attached hydrogens (tertiary/aromatic N) is 2. The van der Waals surface area contributed by atoms with E-state index in [0.717, 1.165) is 18.6 Å². The lowest BCUT2D eigenvalue weighted by Crippen LogP contribution is -2.43. The van der Waals surface area contributed by atoms with E-state index < -0.39 is 23.2 Å². The SMILES string of the molecule is CN(CC1CC(C(C)(C)C)NN1)C(=O)Nc1cc(F)c(C#N)cc1F. The van der Waals surface area contributed by atoms with Crippen molar-refractivity contribution in [1.82, 2.24) is 15.8 Å². The molecule has 0 aromatic heterocycles. The Morgan fingerprint density at radius 3 is 2.60 bits per heavy atom. The van der Waals surface area contributed by atoms with Gasteiger partial charge in [0.2, 0.25) is 0 Å².